The fourth-order valence-corrected chi connectivity index (χ4v) is 4.26. The summed E-state index contributed by atoms with van der Waals surface area (Å²) < 4.78 is 0. The number of nitrogens with zero attached hydrogens (tertiary/aromatic N) is 1. The lowest BCUT2D eigenvalue weighted by Crippen LogP contribution is -2.45. The van der Waals surface area contributed by atoms with E-state index in [2.05, 4.69) is 40.5 Å². The molecule has 1 aromatic carbocycles. The number of carbonyl (C=O) groups is 1. The number of likely N-dealkylation sites (tertiary alicyclic amines) is 1. The lowest BCUT2D eigenvalue weighted by atomic mass is 9.79. The molecule has 2 aliphatic rings. The summed E-state index contributed by atoms with van der Waals surface area (Å²) in [6, 6.07) is 10.7. The topological polar surface area (TPSA) is 52.6 Å². The molecular weight excluding hydrogens is 300 g/mol. The summed E-state index contributed by atoms with van der Waals surface area (Å²) in [4.78, 5) is 14.6. The van der Waals surface area contributed by atoms with Gasteiger partial charge in [-0.3, -0.25) is 9.69 Å². The number of aliphatic hydroxyl groups is 1. The van der Waals surface area contributed by atoms with Crippen LogP contribution in [0.25, 0.3) is 0 Å². The molecule has 3 rings (SSSR count). The molecule has 0 radical (unpaired) electrons. The number of hydrogen-bond donors (Lipinski definition) is 2. The van der Waals surface area contributed by atoms with E-state index in [4.69, 9.17) is 0 Å². The van der Waals surface area contributed by atoms with Crippen LogP contribution in [0.4, 0.5) is 0 Å². The van der Waals surface area contributed by atoms with Crippen LogP contribution in [0.5, 0.6) is 0 Å². The molecule has 1 saturated heterocycles. The van der Waals surface area contributed by atoms with Gasteiger partial charge in [0.15, 0.2) is 0 Å². The molecule has 0 bridgehead atoms. The van der Waals surface area contributed by atoms with Crippen molar-refractivity contribution < 1.29 is 9.90 Å². The predicted octanol–water partition coefficient (Wildman–Crippen LogP) is 2.32. The van der Waals surface area contributed by atoms with Gasteiger partial charge in [0.05, 0.1) is 6.54 Å². The third-order valence-corrected chi connectivity index (χ3v) is 5.90. The Labute approximate surface area is 145 Å². The van der Waals surface area contributed by atoms with Crippen LogP contribution in [0.2, 0.25) is 0 Å². The number of piperidine rings is 1. The molecule has 4 heteroatoms. The fraction of sp³-hybridized carbons (Fsp3) is 0.650. The van der Waals surface area contributed by atoms with Gasteiger partial charge in [-0.15, -0.1) is 0 Å². The third-order valence-electron chi connectivity index (χ3n) is 5.90. The molecule has 2 N–H and O–H groups in total. The van der Waals surface area contributed by atoms with Crippen molar-refractivity contribution in [3.63, 3.8) is 0 Å². The largest absolute Gasteiger partial charge is 0.396 e. The smallest absolute Gasteiger partial charge is 0.234 e. The molecule has 0 spiro atoms. The molecule has 1 amide bonds. The van der Waals surface area contributed by atoms with Gasteiger partial charge in [-0.1, -0.05) is 43.2 Å². The Balaban J connectivity index is 1.51. The van der Waals surface area contributed by atoms with Crippen LogP contribution >= 0.6 is 0 Å². The lowest BCUT2D eigenvalue weighted by molar-refractivity contribution is -0.122. The number of rotatable bonds is 6. The molecule has 24 heavy (non-hydrogen) atoms. The molecule has 4 nitrogen and oxygen atoms in total. The summed E-state index contributed by atoms with van der Waals surface area (Å²) in [5, 5.41) is 12.4. The maximum absolute atomic E-state index is 12.4. The Hall–Kier alpha value is -1.39. The van der Waals surface area contributed by atoms with E-state index in [0.29, 0.717) is 12.5 Å². The van der Waals surface area contributed by atoms with Gasteiger partial charge in [0, 0.05) is 18.6 Å². The van der Waals surface area contributed by atoms with Crippen molar-refractivity contribution in [3.05, 3.63) is 35.9 Å². The maximum Gasteiger partial charge on any atom is 0.234 e. The van der Waals surface area contributed by atoms with E-state index in [1.165, 1.54) is 31.2 Å². The van der Waals surface area contributed by atoms with Gasteiger partial charge in [-0.2, -0.15) is 0 Å². The van der Waals surface area contributed by atoms with Crippen molar-refractivity contribution in [1.29, 1.82) is 0 Å². The number of amides is 1. The monoisotopic (exact) mass is 330 g/mol. The normalized spacial score (nSPS) is 21.7. The second-order valence-electron chi connectivity index (χ2n) is 7.53. The van der Waals surface area contributed by atoms with Crippen LogP contribution in [0, 0.1) is 5.92 Å². The minimum Gasteiger partial charge on any atom is -0.396 e. The minimum absolute atomic E-state index is 0.126. The Kier molecular flexibility index (Phi) is 5.90. The van der Waals surface area contributed by atoms with Crippen molar-refractivity contribution in [1.82, 2.24) is 10.2 Å². The van der Waals surface area contributed by atoms with Crippen molar-refractivity contribution in [2.45, 2.75) is 43.9 Å². The Morgan fingerprint density at radius 2 is 1.83 bits per heavy atom. The predicted molar refractivity (Wildman–Crippen MR) is 95.8 cm³/mol. The summed E-state index contributed by atoms with van der Waals surface area (Å²) >= 11 is 0. The van der Waals surface area contributed by atoms with Crippen LogP contribution in [0.1, 0.15) is 44.1 Å². The quantitative estimate of drug-likeness (QED) is 0.842. The average molecular weight is 330 g/mol. The second kappa shape index (κ2) is 8.13. The van der Waals surface area contributed by atoms with E-state index in [-0.39, 0.29) is 17.9 Å². The van der Waals surface area contributed by atoms with E-state index < -0.39 is 0 Å². The van der Waals surface area contributed by atoms with Gasteiger partial charge in [0.1, 0.15) is 0 Å². The second-order valence-corrected chi connectivity index (χ2v) is 7.53. The highest BCUT2D eigenvalue weighted by atomic mass is 16.3. The molecule has 1 aliphatic heterocycles. The highest BCUT2D eigenvalue weighted by molar-refractivity contribution is 5.78. The molecule has 0 atom stereocenters. The van der Waals surface area contributed by atoms with Gasteiger partial charge in [-0.25, -0.2) is 0 Å². The third kappa shape index (κ3) is 4.17. The molecule has 0 aromatic heterocycles. The zero-order valence-corrected chi connectivity index (χ0v) is 14.5. The van der Waals surface area contributed by atoms with E-state index in [0.717, 1.165) is 32.5 Å². The number of carbonyl (C=O) groups excluding carboxylic acids is 1. The first-order valence-corrected chi connectivity index (χ1v) is 9.37. The van der Waals surface area contributed by atoms with E-state index in [1.807, 2.05) is 0 Å². The van der Waals surface area contributed by atoms with Crippen molar-refractivity contribution in [2.75, 3.05) is 32.8 Å². The van der Waals surface area contributed by atoms with E-state index in [9.17, 15) is 9.90 Å². The van der Waals surface area contributed by atoms with Gasteiger partial charge >= 0.3 is 0 Å². The Bertz CT molecular complexity index is 518. The lowest BCUT2D eigenvalue weighted by Gasteiger charge is -2.32. The molecule has 132 valence electrons. The summed E-state index contributed by atoms with van der Waals surface area (Å²) in [7, 11) is 0. The Morgan fingerprint density at radius 3 is 2.46 bits per heavy atom. The van der Waals surface area contributed by atoms with Crippen LogP contribution in [0.15, 0.2) is 30.3 Å². The molecule has 1 aromatic rings. The van der Waals surface area contributed by atoms with Gasteiger partial charge in [-0.05, 0) is 50.3 Å². The Morgan fingerprint density at radius 1 is 1.17 bits per heavy atom. The van der Waals surface area contributed by atoms with Crippen molar-refractivity contribution in [2.24, 2.45) is 5.92 Å². The van der Waals surface area contributed by atoms with Crippen molar-refractivity contribution >= 4 is 5.91 Å². The fourth-order valence-electron chi connectivity index (χ4n) is 4.26. The van der Waals surface area contributed by atoms with E-state index >= 15 is 0 Å². The van der Waals surface area contributed by atoms with Gasteiger partial charge < -0.3 is 10.4 Å². The standard InChI is InChI=1S/C20H30N2O2/c23-15-17-8-12-22(13-9-17)14-19(24)21-16-20(10-4-5-11-20)18-6-2-1-3-7-18/h1-3,6-7,17,23H,4-5,8-16H2,(H,21,24). The van der Waals surface area contributed by atoms with Crippen LogP contribution in [-0.4, -0.2) is 48.7 Å². The molecular formula is C20H30N2O2. The first-order chi connectivity index (χ1) is 11.7. The number of hydrogen-bond acceptors (Lipinski definition) is 3. The highest BCUT2D eigenvalue weighted by Crippen LogP contribution is 2.40. The van der Waals surface area contributed by atoms with Crippen LogP contribution < -0.4 is 5.32 Å². The minimum atomic E-state index is 0.126. The van der Waals surface area contributed by atoms with Gasteiger partial charge in [0.25, 0.3) is 0 Å². The molecule has 1 aliphatic carbocycles. The summed E-state index contributed by atoms with van der Waals surface area (Å²) in [5.74, 6) is 0.559. The molecule has 2 fully saturated rings. The average Bonchev–Trinajstić information content (AvgIpc) is 3.12. The summed E-state index contributed by atoms with van der Waals surface area (Å²) in [5.41, 5.74) is 1.49. The SMILES string of the molecule is O=C(CN1CCC(CO)CC1)NCC1(c2ccccc2)CCCC1. The number of aliphatic hydroxyl groups excluding tert-OH is 1. The van der Waals surface area contributed by atoms with Crippen molar-refractivity contribution in [3.8, 4) is 0 Å². The molecule has 0 unspecified atom stereocenters. The van der Waals surface area contributed by atoms with E-state index in [1.54, 1.807) is 0 Å². The highest BCUT2D eigenvalue weighted by Gasteiger charge is 2.35. The first kappa shape index (κ1) is 17.4. The zero-order chi connectivity index (χ0) is 16.8. The molecule has 1 heterocycles. The summed E-state index contributed by atoms with van der Waals surface area (Å²) in [6.45, 7) is 3.36. The zero-order valence-electron chi connectivity index (χ0n) is 14.5. The molecule has 1 saturated carbocycles. The summed E-state index contributed by atoms with van der Waals surface area (Å²) in [6.07, 6.45) is 6.83. The van der Waals surface area contributed by atoms with Gasteiger partial charge in [0.2, 0.25) is 5.91 Å². The van der Waals surface area contributed by atoms with Crippen LogP contribution in [0.3, 0.4) is 0 Å². The number of benzene rings is 1. The maximum atomic E-state index is 12.4. The number of nitrogens with one attached hydrogen (secondary N) is 1. The van der Waals surface area contributed by atoms with Crippen LogP contribution in [-0.2, 0) is 10.2 Å². The first-order valence-electron chi connectivity index (χ1n) is 9.37.